The number of ether oxygens (including phenoxy) is 1. The number of benzene rings is 2. The van der Waals surface area contributed by atoms with E-state index in [9.17, 15) is 8.42 Å². The maximum Gasteiger partial charge on any atom is 0.243 e. The molecule has 30 heavy (non-hydrogen) atoms. The first-order chi connectivity index (χ1) is 14.5. The first-order valence-electron chi connectivity index (χ1n) is 9.48. The van der Waals surface area contributed by atoms with Gasteiger partial charge in [-0.2, -0.15) is 4.31 Å². The fraction of sp³-hybridized carbons (Fsp3) is 0.300. The SMILES string of the molecule is Cc1ccccc1Nc1nnc(SCc2cccc(S(=O)(=O)N3CCOCC3)c2)s1. The van der Waals surface area contributed by atoms with Gasteiger partial charge in [0.1, 0.15) is 0 Å². The van der Waals surface area contributed by atoms with Gasteiger partial charge in [-0.1, -0.05) is 53.4 Å². The fourth-order valence-electron chi connectivity index (χ4n) is 3.02. The third kappa shape index (κ3) is 5.01. The average molecular weight is 463 g/mol. The van der Waals surface area contributed by atoms with Crippen LogP contribution < -0.4 is 5.32 Å². The lowest BCUT2D eigenvalue weighted by atomic mass is 10.2. The number of aromatic nitrogens is 2. The molecule has 0 radical (unpaired) electrons. The van der Waals surface area contributed by atoms with Gasteiger partial charge < -0.3 is 10.1 Å². The van der Waals surface area contributed by atoms with Gasteiger partial charge in [0.25, 0.3) is 0 Å². The van der Waals surface area contributed by atoms with E-state index in [2.05, 4.69) is 15.5 Å². The second-order valence-electron chi connectivity index (χ2n) is 6.77. The van der Waals surface area contributed by atoms with Gasteiger partial charge in [0.2, 0.25) is 15.2 Å². The van der Waals surface area contributed by atoms with Crippen molar-refractivity contribution in [3.05, 3.63) is 59.7 Å². The lowest BCUT2D eigenvalue weighted by molar-refractivity contribution is 0.0730. The number of anilines is 2. The number of sulfonamides is 1. The lowest BCUT2D eigenvalue weighted by Crippen LogP contribution is -2.40. The number of nitrogens with one attached hydrogen (secondary N) is 1. The van der Waals surface area contributed by atoms with Crippen molar-refractivity contribution >= 4 is 43.9 Å². The Kier molecular flexibility index (Phi) is 6.69. The average Bonchev–Trinajstić information content (AvgIpc) is 3.22. The van der Waals surface area contributed by atoms with Crippen LogP contribution in [0.15, 0.2) is 57.8 Å². The summed E-state index contributed by atoms with van der Waals surface area (Å²) >= 11 is 3.02. The van der Waals surface area contributed by atoms with Crippen molar-refractivity contribution in [2.24, 2.45) is 0 Å². The largest absolute Gasteiger partial charge is 0.379 e. The van der Waals surface area contributed by atoms with Crippen molar-refractivity contribution in [2.75, 3.05) is 31.6 Å². The van der Waals surface area contributed by atoms with E-state index in [-0.39, 0.29) is 0 Å². The highest BCUT2D eigenvalue weighted by molar-refractivity contribution is 8.00. The molecule has 1 N–H and O–H groups in total. The molecular weight excluding hydrogens is 440 g/mol. The van der Waals surface area contributed by atoms with E-state index in [0.29, 0.717) is 37.0 Å². The molecular formula is C20H22N4O3S3. The van der Waals surface area contributed by atoms with E-state index < -0.39 is 10.0 Å². The highest BCUT2D eigenvalue weighted by atomic mass is 32.2. The number of hydrogen-bond donors (Lipinski definition) is 1. The Hall–Kier alpha value is -1.98. The molecule has 0 aliphatic carbocycles. The van der Waals surface area contributed by atoms with Crippen molar-refractivity contribution < 1.29 is 13.2 Å². The number of rotatable bonds is 7. The van der Waals surface area contributed by atoms with Gasteiger partial charge in [-0.15, -0.1) is 10.2 Å². The van der Waals surface area contributed by atoms with E-state index in [1.165, 1.54) is 15.6 Å². The summed E-state index contributed by atoms with van der Waals surface area (Å²) in [6, 6.07) is 15.1. The van der Waals surface area contributed by atoms with E-state index in [1.54, 1.807) is 30.0 Å². The quantitative estimate of drug-likeness (QED) is 0.533. The summed E-state index contributed by atoms with van der Waals surface area (Å²) in [6.45, 7) is 3.69. The molecule has 1 saturated heterocycles. The number of thioether (sulfide) groups is 1. The molecule has 4 rings (SSSR count). The number of hydrogen-bond acceptors (Lipinski definition) is 8. The van der Waals surface area contributed by atoms with Crippen LogP contribution >= 0.6 is 23.1 Å². The van der Waals surface area contributed by atoms with Gasteiger partial charge in [-0.3, -0.25) is 0 Å². The number of morpholine rings is 1. The molecule has 0 amide bonds. The van der Waals surface area contributed by atoms with Gasteiger partial charge in [0.15, 0.2) is 4.34 Å². The molecule has 1 aliphatic rings. The third-order valence-corrected chi connectivity index (χ3v) is 8.60. The van der Waals surface area contributed by atoms with Crippen LogP contribution in [0.5, 0.6) is 0 Å². The first kappa shape index (κ1) is 21.3. The van der Waals surface area contributed by atoms with Gasteiger partial charge >= 0.3 is 0 Å². The minimum absolute atomic E-state index is 0.321. The Morgan fingerprint density at radius 3 is 2.73 bits per heavy atom. The van der Waals surface area contributed by atoms with Crippen LogP contribution in [0.2, 0.25) is 0 Å². The Bertz CT molecular complexity index is 1110. The summed E-state index contributed by atoms with van der Waals surface area (Å²) in [6.07, 6.45) is 0. The Morgan fingerprint density at radius 2 is 1.93 bits per heavy atom. The monoisotopic (exact) mass is 462 g/mol. The molecule has 1 fully saturated rings. The van der Waals surface area contributed by atoms with Gasteiger partial charge in [0, 0.05) is 24.5 Å². The predicted molar refractivity (Wildman–Crippen MR) is 120 cm³/mol. The van der Waals surface area contributed by atoms with Crippen molar-refractivity contribution in [3.8, 4) is 0 Å². The minimum atomic E-state index is -3.49. The summed E-state index contributed by atoms with van der Waals surface area (Å²) < 4.78 is 33.3. The van der Waals surface area contributed by atoms with Crippen LogP contribution in [0.1, 0.15) is 11.1 Å². The molecule has 0 unspecified atom stereocenters. The Balaban J connectivity index is 1.40. The predicted octanol–water partition coefficient (Wildman–Crippen LogP) is 3.90. The van der Waals surface area contributed by atoms with Crippen molar-refractivity contribution in [1.82, 2.24) is 14.5 Å². The molecule has 158 valence electrons. The molecule has 2 heterocycles. The highest BCUT2D eigenvalue weighted by Crippen LogP contribution is 2.31. The highest BCUT2D eigenvalue weighted by Gasteiger charge is 2.26. The second-order valence-corrected chi connectivity index (χ2v) is 10.9. The smallest absolute Gasteiger partial charge is 0.243 e. The van der Waals surface area contributed by atoms with E-state index in [4.69, 9.17) is 4.74 Å². The van der Waals surface area contributed by atoms with Gasteiger partial charge in [0.05, 0.1) is 18.1 Å². The third-order valence-electron chi connectivity index (χ3n) is 4.66. The molecule has 10 heteroatoms. The van der Waals surface area contributed by atoms with Crippen LogP contribution in [0, 0.1) is 6.92 Å². The van der Waals surface area contributed by atoms with Crippen molar-refractivity contribution in [2.45, 2.75) is 21.9 Å². The first-order valence-corrected chi connectivity index (χ1v) is 12.7. The molecule has 7 nitrogen and oxygen atoms in total. The van der Waals surface area contributed by atoms with E-state index in [1.807, 2.05) is 37.3 Å². The van der Waals surface area contributed by atoms with Gasteiger partial charge in [-0.05, 0) is 36.2 Å². The minimum Gasteiger partial charge on any atom is -0.379 e. The zero-order chi connectivity index (χ0) is 21.0. The molecule has 0 saturated carbocycles. The molecule has 1 aromatic heterocycles. The van der Waals surface area contributed by atoms with Crippen molar-refractivity contribution in [1.29, 1.82) is 0 Å². The molecule has 3 aromatic rings. The standard InChI is InChI=1S/C20H22N4O3S3/c1-15-5-2-3-8-18(15)21-19-22-23-20(29-19)28-14-16-6-4-7-17(13-16)30(25,26)24-9-11-27-12-10-24/h2-8,13H,9-12,14H2,1H3,(H,21,22). The molecule has 2 aromatic carbocycles. The summed E-state index contributed by atoms with van der Waals surface area (Å²) in [4.78, 5) is 0.321. The molecule has 0 bridgehead atoms. The Labute approximate surface area is 184 Å². The topological polar surface area (TPSA) is 84.4 Å². The number of nitrogens with zero attached hydrogens (tertiary/aromatic N) is 3. The van der Waals surface area contributed by atoms with Crippen LogP contribution in [-0.4, -0.2) is 49.2 Å². The number of para-hydroxylation sites is 1. The normalized spacial score (nSPS) is 15.2. The van der Waals surface area contributed by atoms with Crippen LogP contribution in [-0.2, 0) is 20.5 Å². The molecule has 1 aliphatic heterocycles. The zero-order valence-corrected chi connectivity index (χ0v) is 18.9. The number of aryl methyl sites for hydroxylation is 1. The molecule has 0 spiro atoms. The Morgan fingerprint density at radius 1 is 1.13 bits per heavy atom. The summed E-state index contributed by atoms with van der Waals surface area (Å²) in [5.74, 6) is 0.617. The summed E-state index contributed by atoms with van der Waals surface area (Å²) in [5, 5.41) is 12.5. The van der Waals surface area contributed by atoms with Gasteiger partial charge in [-0.25, -0.2) is 8.42 Å². The zero-order valence-electron chi connectivity index (χ0n) is 16.4. The van der Waals surface area contributed by atoms with Crippen molar-refractivity contribution in [3.63, 3.8) is 0 Å². The maximum atomic E-state index is 12.9. The maximum absolute atomic E-state index is 12.9. The second kappa shape index (κ2) is 9.44. The van der Waals surface area contributed by atoms with Crippen LogP contribution in [0.3, 0.4) is 0 Å². The van der Waals surface area contributed by atoms with E-state index >= 15 is 0 Å². The van der Waals surface area contributed by atoms with E-state index in [0.717, 1.165) is 26.3 Å². The lowest BCUT2D eigenvalue weighted by Gasteiger charge is -2.26. The fourth-order valence-corrected chi connectivity index (χ4v) is 6.21. The van der Waals surface area contributed by atoms with Crippen LogP contribution in [0.4, 0.5) is 10.8 Å². The van der Waals surface area contributed by atoms with Crippen LogP contribution in [0.25, 0.3) is 0 Å². The molecule has 0 atom stereocenters. The summed E-state index contributed by atoms with van der Waals surface area (Å²) in [7, 11) is -3.49. The summed E-state index contributed by atoms with van der Waals surface area (Å²) in [5.41, 5.74) is 3.07.